The smallest absolute Gasteiger partial charge is 0.323 e. The molecule has 0 aliphatic carbocycles. The first-order chi connectivity index (χ1) is 14.8. The van der Waals surface area contributed by atoms with Crippen LogP contribution in [0.15, 0.2) is 79.6 Å². The Bertz CT molecular complexity index is 1300. The molecule has 4 rings (SSSR count). The van der Waals surface area contributed by atoms with E-state index in [-0.39, 0.29) is 5.91 Å². The molecule has 0 radical (unpaired) electrons. The molecule has 2 aromatic carbocycles. The van der Waals surface area contributed by atoms with Crippen molar-refractivity contribution >= 4 is 22.5 Å². The number of anilines is 1. The third-order valence-corrected chi connectivity index (χ3v) is 4.54. The van der Waals surface area contributed by atoms with Crippen LogP contribution in [0, 0.1) is 0 Å². The maximum Gasteiger partial charge on any atom is 0.433 e. The molecule has 0 fully saturated rings. The molecule has 154 valence electrons. The monoisotopic (exact) mass is 420 g/mol. The van der Waals surface area contributed by atoms with Crippen LogP contribution in [0.3, 0.4) is 0 Å². The van der Waals surface area contributed by atoms with E-state index in [0.29, 0.717) is 39.1 Å². The zero-order chi connectivity index (χ0) is 22.0. The number of rotatable bonds is 4. The van der Waals surface area contributed by atoms with E-state index in [2.05, 4.69) is 26.8 Å². The van der Waals surface area contributed by atoms with Gasteiger partial charge in [-0.2, -0.15) is 13.2 Å². The van der Waals surface area contributed by atoms with Crippen molar-refractivity contribution in [3.63, 3.8) is 0 Å². The van der Waals surface area contributed by atoms with Crippen molar-refractivity contribution in [1.82, 2.24) is 15.0 Å². The van der Waals surface area contributed by atoms with E-state index in [0.717, 1.165) is 12.3 Å². The molecular weight excluding hydrogens is 405 g/mol. The van der Waals surface area contributed by atoms with Gasteiger partial charge in [-0.1, -0.05) is 24.8 Å². The molecule has 0 spiro atoms. The first-order valence-corrected chi connectivity index (χ1v) is 9.18. The molecule has 4 aromatic rings. The molecule has 0 aliphatic heterocycles. The van der Waals surface area contributed by atoms with Crippen LogP contribution in [0.25, 0.3) is 33.4 Å². The molecular formula is C23H15F3N4O. The molecule has 0 saturated heterocycles. The molecule has 5 nitrogen and oxygen atoms in total. The van der Waals surface area contributed by atoms with Crippen molar-refractivity contribution < 1.29 is 18.0 Å². The Hall–Kier alpha value is -4.07. The molecule has 8 heteroatoms. The summed E-state index contributed by atoms with van der Waals surface area (Å²) in [6.07, 6.45) is -0.579. The summed E-state index contributed by atoms with van der Waals surface area (Å²) in [4.78, 5) is 23.8. The summed E-state index contributed by atoms with van der Waals surface area (Å²) in [5.41, 5.74) is 1.99. The van der Waals surface area contributed by atoms with Crippen molar-refractivity contribution in [3.8, 4) is 22.5 Å². The number of carbonyl (C=O) groups is 1. The highest BCUT2D eigenvalue weighted by atomic mass is 19.4. The Kier molecular flexibility index (Phi) is 5.21. The van der Waals surface area contributed by atoms with E-state index in [1.807, 2.05) is 6.07 Å². The van der Waals surface area contributed by atoms with E-state index in [9.17, 15) is 18.0 Å². The van der Waals surface area contributed by atoms with E-state index >= 15 is 0 Å². The zero-order valence-electron chi connectivity index (χ0n) is 16.0. The Labute approximate surface area is 175 Å². The van der Waals surface area contributed by atoms with Gasteiger partial charge in [0, 0.05) is 29.0 Å². The van der Waals surface area contributed by atoms with Crippen molar-refractivity contribution in [2.45, 2.75) is 6.18 Å². The number of benzene rings is 2. The molecule has 0 atom stereocenters. The second-order valence-corrected chi connectivity index (χ2v) is 6.67. The summed E-state index contributed by atoms with van der Waals surface area (Å²) >= 11 is 0. The molecule has 0 bridgehead atoms. The number of alkyl halides is 3. The van der Waals surface area contributed by atoms with Gasteiger partial charge >= 0.3 is 6.18 Å². The van der Waals surface area contributed by atoms with Gasteiger partial charge < -0.3 is 5.32 Å². The van der Waals surface area contributed by atoms with E-state index in [4.69, 9.17) is 0 Å². The maximum absolute atomic E-state index is 13.0. The first kappa shape index (κ1) is 20.2. The van der Waals surface area contributed by atoms with Gasteiger partial charge in [0.25, 0.3) is 0 Å². The normalized spacial score (nSPS) is 11.3. The minimum absolute atomic E-state index is 0.325. The molecule has 31 heavy (non-hydrogen) atoms. The quantitative estimate of drug-likeness (QED) is 0.443. The van der Waals surface area contributed by atoms with Gasteiger partial charge in [0.15, 0.2) is 5.82 Å². The SMILES string of the molecule is C=CC(=O)Nc1cccc(-c2ncc3cc(-c4ccnc(C(F)(F)F)c4)ccc3n2)c1. The van der Waals surface area contributed by atoms with Gasteiger partial charge in [-0.25, -0.2) is 9.97 Å². The zero-order valence-corrected chi connectivity index (χ0v) is 16.0. The van der Waals surface area contributed by atoms with Crippen LogP contribution < -0.4 is 5.32 Å². The van der Waals surface area contributed by atoms with Crippen LogP contribution >= 0.6 is 0 Å². The van der Waals surface area contributed by atoms with Gasteiger partial charge in [0.05, 0.1) is 5.52 Å². The van der Waals surface area contributed by atoms with Crippen LogP contribution in [-0.4, -0.2) is 20.9 Å². The fourth-order valence-electron chi connectivity index (χ4n) is 3.05. The van der Waals surface area contributed by atoms with Crippen molar-refractivity contribution in [2.24, 2.45) is 0 Å². The number of nitrogens with zero attached hydrogens (tertiary/aromatic N) is 3. The summed E-state index contributed by atoms with van der Waals surface area (Å²) in [6.45, 7) is 3.42. The maximum atomic E-state index is 13.0. The molecule has 0 aliphatic rings. The molecule has 1 amide bonds. The average molecular weight is 420 g/mol. The largest absolute Gasteiger partial charge is 0.433 e. The summed E-state index contributed by atoms with van der Waals surface area (Å²) in [7, 11) is 0. The molecule has 2 heterocycles. The Morgan fingerprint density at radius 1 is 0.968 bits per heavy atom. The number of carbonyl (C=O) groups excluding carboxylic acids is 1. The highest BCUT2D eigenvalue weighted by molar-refractivity contribution is 5.99. The minimum atomic E-state index is -4.51. The van der Waals surface area contributed by atoms with Crippen LogP contribution in [0.2, 0.25) is 0 Å². The Morgan fingerprint density at radius 3 is 2.55 bits per heavy atom. The summed E-state index contributed by atoms with van der Waals surface area (Å²) in [6, 6.07) is 14.8. The van der Waals surface area contributed by atoms with Crippen molar-refractivity contribution in [2.75, 3.05) is 5.32 Å². The van der Waals surface area contributed by atoms with Crippen LogP contribution in [-0.2, 0) is 11.0 Å². The lowest BCUT2D eigenvalue weighted by atomic mass is 10.0. The molecule has 1 N–H and O–H groups in total. The standard InChI is InChI=1S/C23H15F3N4O/c1-2-21(31)29-18-5-3-4-16(11-18)22-28-13-17-10-14(6-7-19(17)30-22)15-8-9-27-20(12-15)23(24,25)26/h2-13H,1H2,(H,29,31). The number of pyridine rings is 1. The highest BCUT2D eigenvalue weighted by Crippen LogP contribution is 2.31. The van der Waals surface area contributed by atoms with Crippen LogP contribution in [0.1, 0.15) is 5.69 Å². The summed E-state index contributed by atoms with van der Waals surface area (Å²) in [5, 5.41) is 3.36. The predicted molar refractivity (Wildman–Crippen MR) is 112 cm³/mol. The van der Waals surface area contributed by atoms with E-state index in [1.54, 1.807) is 42.6 Å². The predicted octanol–water partition coefficient (Wildman–Crippen LogP) is 5.50. The van der Waals surface area contributed by atoms with Gasteiger partial charge in [-0.3, -0.25) is 9.78 Å². The number of aromatic nitrogens is 3. The summed E-state index contributed by atoms with van der Waals surface area (Å²) in [5.74, 6) is 0.132. The fourth-order valence-corrected chi connectivity index (χ4v) is 3.05. The number of hydrogen-bond acceptors (Lipinski definition) is 4. The number of fused-ring (bicyclic) bond motifs is 1. The van der Waals surface area contributed by atoms with Crippen molar-refractivity contribution in [1.29, 1.82) is 0 Å². The van der Waals surface area contributed by atoms with Gasteiger partial charge in [0.2, 0.25) is 5.91 Å². The Morgan fingerprint density at radius 2 is 1.77 bits per heavy atom. The summed E-state index contributed by atoms with van der Waals surface area (Å²) < 4.78 is 38.9. The van der Waals surface area contributed by atoms with E-state index in [1.165, 1.54) is 12.1 Å². The second-order valence-electron chi connectivity index (χ2n) is 6.67. The second kappa shape index (κ2) is 7.98. The molecule has 0 unspecified atom stereocenters. The lowest BCUT2D eigenvalue weighted by molar-refractivity contribution is -0.141. The van der Waals surface area contributed by atoms with Crippen molar-refractivity contribution in [3.05, 3.63) is 85.3 Å². The topological polar surface area (TPSA) is 67.8 Å². The van der Waals surface area contributed by atoms with Gasteiger partial charge in [0.1, 0.15) is 5.69 Å². The third kappa shape index (κ3) is 4.42. The minimum Gasteiger partial charge on any atom is -0.323 e. The molecule has 2 aromatic heterocycles. The van der Waals surface area contributed by atoms with E-state index < -0.39 is 11.9 Å². The van der Waals surface area contributed by atoms with Crippen LogP contribution in [0.5, 0.6) is 0 Å². The average Bonchev–Trinajstić information content (AvgIpc) is 2.78. The number of hydrogen-bond donors (Lipinski definition) is 1. The molecule has 0 saturated carbocycles. The number of nitrogens with one attached hydrogen (secondary N) is 1. The number of halogens is 3. The third-order valence-electron chi connectivity index (χ3n) is 4.54. The number of amides is 1. The van der Waals surface area contributed by atoms with Crippen LogP contribution in [0.4, 0.5) is 18.9 Å². The lowest BCUT2D eigenvalue weighted by Gasteiger charge is -2.09. The Balaban J connectivity index is 1.67. The lowest BCUT2D eigenvalue weighted by Crippen LogP contribution is -2.07. The first-order valence-electron chi connectivity index (χ1n) is 9.18. The van der Waals surface area contributed by atoms with Gasteiger partial charge in [-0.15, -0.1) is 0 Å². The highest BCUT2D eigenvalue weighted by Gasteiger charge is 2.32. The fraction of sp³-hybridized carbons (Fsp3) is 0.0435. The van der Waals surface area contributed by atoms with Gasteiger partial charge in [-0.05, 0) is 53.6 Å².